The Labute approximate surface area is 111 Å². The molecule has 18 heavy (non-hydrogen) atoms. The highest BCUT2D eigenvalue weighted by Gasteiger charge is 2.27. The van der Waals surface area contributed by atoms with Crippen LogP contribution in [0.3, 0.4) is 0 Å². The van der Waals surface area contributed by atoms with Gasteiger partial charge in [-0.15, -0.1) is 0 Å². The van der Waals surface area contributed by atoms with Gasteiger partial charge in [0.1, 0.15) is 6.10 Å². The molecule has 1 saturated carbocycles. The van der Waals surface area contributed by atoms with Crippen LogP contribution in [0.1, 0.15) is 58.8 Å². The molecule has 2 aliphatic rings. The number of ether oxygens (including phenoxy) is 1. The summed E-state index contributed by atoms with van der Waals surface area (Å²) >= 11 is 0. The number of amides is 1. The van der Waals surface area contributed by atoms with E-state index in [9.17, 15) is 4.79 Å². The zero-order valence-electron chi connectivity index (χ0n) is 11.9. The van der Waals surface area contributed by atoms with Gasteiger partial charge in [-0.2, -0.15) is 0 Å². The van der Waals surface area contributed by atoms with Crippen molar-refractivity contribution in [2.45, 2.75) is 64.9 Å². The number of hydrogen-bond acceptors (Lipinski definition) is 2. The van der Waals surface area contributed by atoms with Crippen LogP contribution in [-0.4, -0.2) is 30.2 Å². The zero-order valence-corrected chi connectivity index (χ0v) is 11.9. The maximum Gasteiger partial charge on any atom is 0.410 e. The number of nitrogens with zero attached hydrogens (tertiary/aromatic N) is 1. The minimum absolute atomic E-state index is 0.0656. The van der Waals surface area contributed by atoms with Crippen molar-refractivity contribution in [3.63, 3.8) is 0 Å². The van der Waals surface area contributed by atoms with Gasteiger partial charge in [-0.1, -0.05) is 20.3 Å². The van der Waals surface area contributed by atoms with E-state index in [0.717, 1.165) is 50.6 Å². The predicted molar refractivity (Wildman–Crippen MR) is 72.5 cm³/mol. The molecule has 0 N–H and O–H groups in total. The standard InChI is InChI=1S/C15H27NO2/c1-12(2)13-8-10-16(11-9-13)15(17)18-14-6-4-3-5-7-14/h12-14H,3-11H2,1-2H3. The summed E-state index contributed by atoms with van der Waals surface area (Å²) in [5, 5.41) is 0. The molecule has 0 atom stereocenters. The largest absolute Gasteiger partial charge is 0.446 e. The van der Waals surface area contributed by atoms with Crippen LogP contribution in [-0.2, 0) is 4.74 Å². The lowest BCUT2D eigenvalue weighted by molar-refractivity contribution is 0.0357. The second kappa shape index (κ2) is 6.44. The van der Waals surface area contributed by atoms with E-state index < -0.39 is 0 Å². The van der Waals surface area contributed by atoms with Crippen molar-refractivity contribution in [1.82, 2.24) is 4.90 Å². The van der Waals surface area contributed by atoms with E-state index in [1.807, 2.05) is 4.90 Å². The van der Waals surface area contributed by atoms with Crippen molar-refractivity contribution >= 4 is 6.09 Å². The Morgan fingerprint density at radius 3 is 2.22 bits per heavy atom. The van der Waals surface area contributed by atoms with Gasteiger partial charge in [0.2, 0.25) is 0 Å². The van der Waals surface area contributed by atoms with Crippen LogP contribution in [0.25, 0.3) is 0 Å². The predicted octanol–water partition coefficient (Wildman–Crippen LogP) is 3.82. The Hall–Kier alpha value is -0.730. The number of piperidine rings is 1. The van der Waals surface area contributed by atoms with E-state index in [1.54, 1.807) is 0 Å². The van der Waals surface area contributed by atoms with Gasteiger partial charge in [0.25, 0.3) is 0 Å². The van der Waals surface area contributed by atoms with Crippen molar-refractivity contribution < 1.29 is 9.53 Å². The average Bonchev–Trinajstić information content (AvgIpc) is 2.40. The fraction of sp³-hybridized carbons (Fsp3) is 0.933. The Morgan fingerprint density at radius 2 is 1.67 bits per heavy atom. The Bertz CT molecular complexity index is 264. The number of likely N-dealkylation sites (tertiary alicyclic amines) is 1. The average molecular weight is 253 g/mol. The first-order valence-electron chi connectivity index (χ1n) is 7.62. The number of hydrogen-bond donors (Lipinski definition) is 0. The fourth-order valence-electron chi connectivity index (χ4n) is 3.15. The molecule has 104 valence electrons. The number of carbonyl (C=O) groups excluding carboxylic acids is 1. The van der Waals surface area contributed by atoms with Crippen molar-refractivity contribution in [2.24, 2.45) is 11.8 Å². The highest BCUT2D eigenvalue weighted by Crippen LogP contribution is 2.26. The molecule has 1 aliphatic heterocycles. The zero-order chi connectivity index (χ0) is 13.0. The lowest BCUT2D eigenvalue weighted by Crippen LogP contribution is -2.41. The minimum atomic E-state index is -0.0656. The summed E-state index contributed by atoms with van der Waals surface area (Å²) in [6, 6.07) is 0. The van der Waals surface area contributed by atoms with Crippen molar-refractivity contribution in [3.8, 4) is 0 Å². The summed E-state index contributed by atoms with van der Waals surface area (Å²) in [6.45, 7) is 6.32. The first-order valence-corrected chi connectivity index (χ1v) is 7.62. The molecular formula is C15H27NO2. The van der Waals surface area contributed by atoms with Gasteiger partial charge in [-0.25, -0.2) is 4.79 Å². The summed E-state index contributed by atoms with van der Waals surface area (Å²) in [6.07, 6.45) is 8.25. The third-order valence-electron chi connectivity index (χ3n) is 4.56. The fourth-order valence-corrected chi connectivity index (χ4v) is 3.15. The molecule has 2 rings (SSSR count). The summed E-state index contributed by atoms with van der Waals surface area (Å²) < 4.78 is 5.61. The van der Waals surface area contributed by atoms with E-state index in [2.05, 4.69) is 13.8 Å². The molecule has 0 unspecified atom stereocenters. The van der Waals surface area contributed by atoms with E-state index in [4.69, 9.17) is 4.74 Å². The second-order valence-corrected chi connectivity index (χ2v) is 6.21. The molecule has 0 aromatic rings. The lowest BCUT2D eigenvalue weighted by atomic mass is 9.87. The molecule has 1 amide bonds. The molecule has 0 spiro atoms. The van der Waals surface area contributed by atoms with Crippen LogP contribution in [0.5, 0.6) is 0 Å². The number of rotatable bonds is 2. The maximum absolute atomic E-state index is 12.0. The van der Waals surface area contributed by atoms with Gasteiger partial charge in [-0.3, -0.25) is 0 Å². The molecular weight excluding hydrogens is 226 g/mol. The van der Waals surface area contributed by atoms with Crippen LogP contribution >= 0.6 is 0 Å². The molecule has 1 heterocycles. The molecule has 0 aromatic carbocycles. The minimum Gasteiger partial charge on any atom is -0.446 e. The lowest BCUT2D eigenvalue weighted by Gasteiger charge is -2.34. The molecule has 0 aromatic heterocycles. The SMILES string of the molecule is CC(C)C1CCN(C(=O)OC2CCCCC2)CC1. The Balaban J connectivity index is 1.73. The van der Waals surface area contributed by atoms with Crippen LogP contribution in [0.15, 0.2) is 0 Å². The second-order valence-electron chi connectivity index (χ2n) is 6.21. The van der Waals surface area contributed by atoms with Gasteiger partial charge in [0, 0.05) is 13.1 Å². The number of carbonyl (C=O) groups is 1. The first kappa shape index (κ1) is 13.7. The highest BCUT2D eigenvalue weighted by molar-refractivity contribution is 5.67. The molecule has 1 aliphatic carbocycles. The molecule has 1 saturated heterocycles. The highest BCUT2D eigenvalue weighted by atomic mass is 16.6. The van der Waals surface area contributed by atoms with E-state index in [1.165, 1.54) is 19.3 Å². The molecule has 2 fully saturated rings. The summed E-state index contributed by atoms with van der Waals surface area (Å²) in [4.78, 5) is 14.0. The van der Waals surface area contributed by atoms with Crippen LogP contribution in [0, 0.1) is 11.8 Å². The Morgan fingerprint density at radius 1 is 1.06 bits per heavy atom. The van der Waals surface area contributed by atoms with Gasteiger partial charge in [0.05, 0.1) is 0 Å². The van der Waals surface area contributed by atoms with Gasteiger partial charge in [-0.05, 0) is 50.4 Å². The maximum atomic E-state index is 12.0. The van der Waals surface area contributed by atoms with Crippen molar-refractivity contribution in [3.05, 3.63) is 0 Å². The third-order valence-corrected chi connectivity index (χ3v) is 4.56. The Kier molecular flexibility index (Phi) is 4.90. The molecule has 0 bridgehead atoms. The van der Waals surface area contributed by atoms with Crippen molar-refractivity contribution in [1.29, 1.82) is 0 Å². The topological polar surface area (TPSA) is 29.5 Å². The van der Waals surface area contributed by atoms with E-state index >= 15 is 0 Å². The molecule has 3 heteroatoms. The summed E-state index contributed by atoms with van der Waals surface area (Å²) in [5.41, 5.74) is 0. The molecule has 3 nitrogen and oxygen atoms in total. The smallest absolute Gasteiger partial charge is 0.410 e. The van der Waals surface area contributed by atoms with Crippen LogP contribution in [0.2, 0.25) is 0 Å². The van der Waals surface area contributed by atoms with Crippen molar-refractivity contribution in [2.75, 3.05) is 13.1 Å². The first-order chi connectivity index (χ1) is 8.66. The quantitative estimate of drug-likeness (QED) is 0.748. The third kappa shape index (κ3) is 3.63. The van der Waals surface area contributed by atoms with Gasteiger partial charge in [0.15, 0.2) is 0 Å². The normalized spacial score (nSPS) is 23.4. The monoisotopic (exact) mass is 253 g/mol. The van der Waals surface area contributed by atoms with Crippen LogP contribution < -0.4 is 0 Å². The molecule has 0 radical (unpaired) electrons. The van der Waals surface area contributed by atoms with Crippen LogP contribution in [0.4, 0.5) is 4.79 Å². The van der Waals surface area contributed by atoms with Gasteiger partial charge < -0.3 is 9.64 Å². The summed E-state index contributed by atoms with van der Waals surface area (Å²) in [5.74, 6) is 1.52. The van der Waals surface area contributed by atoms with E-state index in [0.29, 0.717) is 0 Å². The van der Waals surface area contributed by atoms with E-state index in [-0.39, 0.29) is 12.2 Å². The van der Waals surface area contributed by atoms with Gasteiger partial charge >= 0.3 is 6.09 Å². The summed E-state index contributed by atoms with van der Waals surface area (Å²) in [7, 11) is 0.